The van der Waals surface area contributed by atoms with Gasteiger partial charge in [0, 0.05) is 33.5 Å². The van der Waals surface area contributed by atoms with Crippen molar-refractivity contribution >= 4 is 40.4 Å². The fraction of sp³-hybridized carbons (Fsp3) is 0.200. The third kappa shape index (κ3) is 5.85. The molecule has 1 saturated heterocycles. The number of anilines is 1. The van der Waals surface area contributed by atoms with Gasteiger partial charge in [0.25, 0.3) is 5.91 Å². The fourth-order valence-corrected chi connectivity index (χ4v) is 3.84. The fourth-order valence-electron chi connectivity index (χ4n) is 3.48. The Morgan fingerprint density at radius 2 is 1.71 bits per heavy atom. The Hall–Kier alpha value is -2.87. The first kappa shape index (κ1) is 21.4. The first-order valence-electron chi connectivity index (χ1n) is 10.3. The monoisotopic (exact) mass is 525 g/mol. The lowest BCUT2D eigenvalue weighted by Gasteiger charge is -2.17. The van der Waals surface area contributed by atoms with Crippen LogP contribution in [0.25, 0.3) is 0 Å². The molecule has 0 aliphatic carbocycles. The number of halogens is 1. The van der Waals surface area contributed by atoms with Crippen molar-refractivity contribution in [3.8, 4) is 5.75 Å². The van der Waals surface area contributed by atoms with E-state index < -0.39 is 0 Å². The molecule has 4 rings (SSSR count). The van der Waals surface area contributed by atoms with Crippen LogP contribution in [0.2, 0.25) is 0 Å². The summed E-state index contributed by atoms with van der Waals surface area (Å²) in [7, 11) is 0. The lowest BCUT2D eigenvalue weighted by atomic mass is 10.2. The minimum absolute atomic E-state index is 0.235. The second-order valence-corrected chi connectivity index (χ2v) is 8.64. The van der Waals surface area contributed by atoms with Crippen molar-refractivity contribution in [2.45, 2.75) is 19.4 Å². The van der Waals surface area contributed by atoms with Crippen LogP contribution < -0.4 is 15.1 Å². The number of rotatable bonds is 7. The van der Waals surface area contributed by atoms with Crippen molar-refractivity contribution in [3.05, 3.63) is 93.1 Å². The van der Waals surface area contributed by atoms with Crippen molar-refractivity contribution in [2.24, 2.45) is 5.10 Å². The van der Waals surface area contributed by atoms with Gasteiger partial charge < -0.3 is 9.64 Å². The van der Waals surface area contributed by atoms with Crippen LogP contribution in [0.15, 0.2) is 77.9 Å². The van der Waals surface area contributed by atoms with Gasteiger partial charge in [0.05, 0.1) is 6.21 Å². The van der Waals surface area contributed by atoms with Gasteiger partial charge in [-0.3, -0.25) is 4.79 Å². The standard InChI is InChI=1S/C25H24IN3O2/c26-22-11-7-19(8-12-22)18-31-24-6-2-1-5-21(24)17-27-28-25(30)20-9-13-23(14-10-20)29-15-3-4-16-29/h1-2,5-14,17H,3-4,15-16,18H2,(H,28,30)/b27-17-. The number of benzene rings is 3. The summed E-state index contributed by atoms with van der Waals surface area (Å²) in [5, 5.41) is 4.13. The van der Waals surface area contributed by atoms with Crippen molar-refractivity contribution < 1.29 is 9.53 Å². The number of nitrogens with one attached hydrogen (secondary N) is 1. The Morgan fingerprint density at radius 3 is 2.45 bits per heavy atom. The Morgan fingerprint density at radius 1 is 1.00 bits per heavy atom. The molecule has 0 bridgehead atoms. The maximum absolute atomic E-state index is 12.4. The van der Waals surface area contributed by atoms with Crippen LogP contribution in [0.4, 0.5) is 5.69 Å². The normalized spacial score (nSPS) is 13.5. The summed E-state index contributed by atoms with van der Waals surface area (Å²) >= 11 is 2.28. The minimum Gasteiger partial charge on any atom is -0.488 e. The third-order valence-electron chi connectivity index (χ3n) is 5.20. The van der Waals surface area contributed by atoms with Gasteiger partial charge in [-0.05, 0) is 89.5 Å². The van der Waals surface area contributed by atoms with Gasteiger partial charge in [-0.25, -0.2) is 5.43 Å². The molecule has 1 heterocycles. The average Bonchev–Trinajstić information content (AvgIpc) is 3.34. The van der Waals surface area contributed by atoms with Gasteiger partial charge in [0.15, 0.2) is 0 Å². The van der Waals surface area contributed by atoms with E-state index in [0.717, 1.165) is 29.9 Å². The smallest absolute Gasteiger partial charge is 0.271 e. The number of carbonyl (C=O) groups excluding carboxylic acids is 1. The molecular formula is C25H24IN3O2. The van der Waals surface area contributed by atoms with Crippen LogP contribution in [0, 0.1) is 3.57 Å². The predicted molar refractivity (Wildman–Crippen MR) is 133 cm³/mol. The number of amides is 1. The summed E-state index contributed by atoms with van der Waals surface area (Å²) in [6.07, 6.45) is 4.07. The molecule has 0 atom stereocenters. The molecule has 0 saturated carbocycles. The van der Waals surface area contributed by atoms with E-state index in [9.17, 15) is 4.79 Å². The van der Waals surface area contributed by atoms with Gasteiger partial charge in [-0.2, -0.15) is 5.10 Å². The molecule has 5 nitrogen and oxygen atoms in total. The first-order valence-corrected chi connectivity index (χ1v) is 11.4. The van der Waals surface area contributed by atoms with Gasteiger partial charge in [-0.1, -0.05) is 24.3 Å². The molecule has 1 N–H and O–H groups in total. The molecule has 0 aromatic heterocycles. The van der Waals surface area contributed by atoms with E-state index in [4.69, 9.17) is 4.74 Å². The molecule has 6 heteroatoms. The quantitative estimate of drug-likeness (QED) is 0.261. The number of hydrogen-bond acceptors (Lipinski definition) is 4. The van der Waals surface area contributed by atoms with E-state index in [1.165, 1.54) is 16.4 Å². The zero-order chi connectivity index (χ0) is 21.5. The van der Waals surface area contributed by atoms with Crippen LogP contribution >= 0.6 is 22.6 Å². The molecular weight excluding hydrogens is 501 g/mol. The molecule has 0 spiro atoms. The van der Waals surface area contributed by atoms with E-state index in [1.54, 1.807) is 6.21 Å². The highest BCUT2D eigenvalue weighted by atomic mass is 127. The van der Waals surface area contributed by atoms with E-state index in [1.807, 2.05) is 60.7 Å². The van der Waals surface area contributed by atoms with Gasteiger partial charge >= 0.3 is 0 Å². The van der Waals surface area contributed by atoms with E-state index in [2.05, 4.69) is 50.2 Å². The Balaban J connectivity index is 1.35. The minimum atomic E-state index is -0.235. The highest BCUT2D eigenvalue weighted by molar-refractivity contribution is 14.1. The van der Waals surface area contributed by atoms with Crippen LogP contribution in [-0.4, -0.2) is 25.2 Å². The summed E-state index contributed by atoms with van der Waals surface area (Å²) in [6.45, 7) is 2.64. The summed E-state index contributed by atoms with van der Waals surface area (Å²) < 4.78 is 7.15. The van der Waals surface area contributed by atoms with Gasteiger partial charge in [0.2, 0.25) is 0 Å². The zero-order valence-corrected chi connectivity index (χ0v) is 19.3. The molecule has 1 aliphatic heterocycles. The van der Waals surface area contributed by atoms with Crippen LogP contribution in [0.5, 0.6) is 5.75 Å². The number of ether oxygens (including phenoxy) is 1. The molecule has 1 fully saturated rings. The van der Waals surface area contributed by atoms with Crippen LogP contribution in [-0.2, 0) is 6.61 Å². The topological polar surface area (TPSA) is 53.9 Å². The molecule has 0 radical (unpaired) electrons. The Bertz CT molecular complexity index is 1040. The van der Waals surface area contributed by atoms with Crippen molar-refractivity contribution in [1.29, 1.82) is 0 Å². The number of hydrogen-bond donors (Lipinski definition) is 1. The predicted octanol–water partition coefficient (Wildman–Crippen LogP) is 5.23. The Kier molecular flexibility index (Phi) is 7.19. The van der Waals surface area contributed by atoms with Gasteiger partial charge in [0.1, 0.15) is 12.4 Å². The van der Waals surface area contributed by atoms with Crippen LogP contribution in [0.1, 0.15) is 34.3 Å². The maximum Gasteiger partial charge on any atom is 0.271 e. The Labute approximate surface area is 196 Å². The number of nitrogens with zero attached hydrogens (tertiary/aromatic N) is 2. The van der Waals surface area contributed by atoms with E-state index >= 15 is 0 Å². The van der Waals surface area contributed by atoms with Crippen molar-refractivity contribution in [2.75, 3.05) is 18.0 Å². The molecule has 1 aliphatic rings. The second-order valence-electron chi connectivity index (χ2n) is 7.39. The number of para-hydroxylation sites is 1. The van der Waals surface area contributed by atoms with E-state index in [-0.39, 0.29) is 5.91 Å². The lowest BCUT2D eigenvalue weighted by Crippen LogP contribution is -2.19. The summed E-state index contributed by atoms with van der Waals surface area (Å²) in [4.78, 5) is 14.8. The van der Waals surface area contributed by atoms with Crippen molar-refractivity contribution in [3.63, 3.8) is 0 Å². The lowest BCUT2D eigenvalue weighted by molar-refractivity contribution is 0.0955. The number of carbonyl (C=O) groups is 1. The summed E-state index contributed by atoms with van der Waals surface area (Å²) in [5.74, 6) is 0.482. The van der Waals surface area contributed by atoms with Crippen molar-refractivity contribution in [1.82, 2.24) is 5.43 Å². The van der Waals surface area contributed by atoms with Gasteiger partial charge in [-0.15, -0.1) is 0 Å². The molecule has 3 aromatic rings. The third-order valence-corrected chi connectivity index (χ3v) is 5.92. The molecule has 1 amide bonds. The maximum atomic E-state index is 12.4. The van der Waals surface area contributed by atoms with E-state index in [0.29, 0.717) is 17.9 Å². The summed E-state index contributed by atoms with van der Waals surface area (Å²) in [5.41, 5.74) is 6.25. The molecule has 3 aromatic carbocycles. The molecule has 0 unspecified atom stereocenters. The highest BCUT2D eigenvalue weighted by Gasteiger charge is 2.13. The molecule has 158 valence electrons. The first-order chi connectivity index (χ1) is 15.2. The zero-order valence-electron chi connectivity index (χ0n) is 17.1. The largest absolute Gasteiger partial charge is 0.488 e. The summed E-state index contributed by atoms with van der Waals surface area (Å²) in [6, 6.07) is 23.5. The molecule has 31 heavy (non-hydrogen) atoms. The van der Waals surface area contributed by atoms with Crippen LogP contribution in [0.3, 0.4) is 0 Å². The average molecular weight is 525 g/mol. The number of hydrazone groups is 1. The second kappa shape index (κ2) is 10.4. The highest BCUT2D eigenvalue weighted by Crippen LogP contribution is 2.21. The SMILES string of the molecule is O=C(N/N=C\c1ccccc1OCc1ccc(I)cc1)c1ccc(N2CCCC2)cc1.